The van der Waals surface area contributed by atoms with Crippen molar-refractivity contribution in [1.82, 2.24) is 4.98 Å². The number of ether oxygens (including phenoxy) is 3. The summed E-state index contributed by atoms with van der Waals surface area (Å²) in [4.78, 5) is 16.5. The number of carbonyl (C=O) groups is 1. The van der Waals surface area contributed by atoms with Gasteiger partial charge in [0.1, 0.15) is 36.5 Å². The summed E-state index contributed by atoms with van der Waals surface area (Å²) in [6.07, 6.45) is 1.31. The van der Waals surface area contributed by atoms with Crippen molar-refractivity contribution in [3.8, 4) is 17.2 Å². The van der Waals surface area contributed by atoms with Crippen molar-refractivity contribution in [3.05, 3.63) is 41.7 Å². The number of furan rings is 1. The molecule has 0 saturated heterocycles. The fourth-order valence-corrected chi connectivity index (χ4v) is 3.05. The van der Waals surface area contributed by atoms with Crippen LogP contribution in [0.2, 0.25) is 0 Å². The standard InChI is InChI=1S/C17H14N2O5S/c1-21-11-3-2-10-6-14(24-13(10)7-11)12-9-25-17(18-12)19-16(20)15-8-22-4-5-23-15/h2-3,6-9H,4-5H2,1H3,(H,18,19,20). The fraction of sp³-hybridized carbons (Fsp3) is 0.176. The number of hydrogen-bond acceptors (Lipinski definition) is 7. The molecule has 0 radical (unpaired) electrons. The van der Waals surface area contributed by atoms with Crippen LogP contribution in [-0.4, -0.2) is 31.2 Å². The van der Waals surface area contributed by atoms with Gasteiger partial charge >= 0.3 is 0 Å². The summed E-state index contributed by atoms with van der Waals surface area (Å²) in [7, 11) is 1.61. The van der Waals surface area contributed by atoms with Gasteiger partial charge in [0, 0.05) is 16.8 Å². The number of hydrogen-bond donors (Lipinski definition) is 1. The maximum atomic E-state index is 12.1. The Hall–Kier alpha value is -3.00. The molecule has 0 unspecified atom stereocenters. The first-order chi connectivity index (χ1) is 12.2. The lowest BCUT2D eigenvalue weighted by Crippen LogP contribution is -2.21. The van der Waals surface area contributed by atoms with Gasteiger partial charge < -0.3 is 18.6 Å². The molecule has 1 aliphatic rings. The Balaban J connectivity index is 1.54. The summed E-state index contributed by atoms with van der Waals surface area (Å²) < 4.78 is 21.3. The largest absolute Gasteiger partial charge is 0.497 e. The maximum absolute atomic E-state index is 12.1. The van der Waals surface area contributed by atoms with Gasteiger partial charge in [-0.2, -0.15) is 0 Å². The van der Waals surface area contributed by atoms with Crippen LogP contribution in [0, 0.1) is 0 Å². The van der Waals surface area contributed by atoms with E-state index < -0.39 is 5.91 Å². The zero-order valence-corrected chi connectivity index (χ0v) is 14.1. The highest BCUT2D eigenvalue weighted by Crippen LogP contribution is 2.32. The molecule has 0 aliphatic carbocycles. The van der Waals surface area contributed by atoms with Gasteiger partial charge in [0.2, 0.25) is 5.76 Å². The molecule has 4 rings (SSSR count). The Bertz CT molecular complexity index is 959. The zero-order valence-electron chi connectivity index (χ0n) is 13.3. The molecule has 0 atom stereocenters. The second kappa shape index (κ2) is 6.48. The first-order valence-corrected chi connectivity index (χ1v) is 8.40. The summed E-state index contributed by atoms with van der Waals surface area (Å²) in [5, 5.41) is 5.91. The number of nitrogens with one attached hydrogen (secondary N) is 1. The van der Waals surface area contributed by atoms with Gasteiger partial charge in [-0.05, 0) is 18.2 Å². The maximum Gasteiger partial charge on any atom is 0.295 e. The third-order valence-corrected chi connectivity index (χ3v) is 4.33. The molecule has 0 fully saturated rings. The van der Waals surface area contributed by atoms with Crippen LogP contribution in [0.3, 0.4) is 0 Å². The van der Waals surface area contributed by atoms with Gasteiger partial charge in [0.25, 0.3) is 5.91 Å². The third-order valence-electron chi connectivity index (χ3n) is 3.58. The number of thiazole rings is 1. The lowest BCUT2D eigenvalue weighted by Gasteiger charge is -2.14. The Morgan fingerprint density at radius 1 is 1.32 bits per heavy atom. The van der Waals surface area contributed by atoms with Crippen LogP contribution in [0.5, 0.6) is 5.75 Å². The molecular weight excluding hydrogens is 344 g/mol. The van der Waals surface area contributed by atoms with E-state index in [0.29, 0.717) is 35.4 Å². The van der Waals surface area contributed by atoms with Crippen LogP contribution < -0.4 is 10.1 Å². The zero-order chi connectivity index (χ0) is 17.2. The van der Waals surface area contributed by atoms with Gasteiger partial charge in [-0.3, -0.25) is 10.1 Å². The van der Waals surface area contributed by atoms with E-state index in [0.717, 1.165) is 11.1 Å². The van der Waals surface area contributed by atoms with Crippen LogP contribution in [0.1, 0.15) is 0 Å². The number of nitrogens with zero attached hydrogens (tertiary/aromatic N) is 1. The summed E-state index contributed by atoms with van der Waals surface area (Å²) in [6.45, 7) is 0.792. The summed E-state index contributed by atoms with van der Waals surface area (Å²) >= 11 is 1.30. The fourth-order valence-electron chi connectivity index (χ4n) is 2.36. The molecule has 1 aliphatic heterocycles. The van der Waals surface area contributed by atoms with E-state index in [4.69, 9.17) is 18.6 Å². The van der Waals surface area contributed by atoms with Crippen molar-refractivity contribution in [1.29, 1.82) is 0 Å². The lowest BCUT2D eigenvalue weighted by molar-refractivity contribution is -0.117. The predicted molar refractivity (Wildman–Crippen MR) is 92.5 cm³/mol. The van der Waals surface area contributed by atoms with Crippen molar-refractivity contribution in [2.75, 3.05) is 25.6 Å². The Labute approximate surface area is 146 Å². The van der Waals surface area contributed by atoms with E-state index in [1.807, 2.05) is 29.6 Å². The number of rotatable bonds is 4. The Morgan fingerprint density at radius 3 is 3.04 bits per heavy atom. The van der Waals surface area contributed by atoms with Crippen molar-refractivity contribution in [2.45, 2.75) is 0 Å². The van der Waals surface area contributed by atoms with E-state index in [9.17, 15) is 4.79 Å². The minimum absolute atomic E-state index is 0.138. The SMILES string of the molecule is COc1ccc2cc(-c3csc(NC(=O)C4=COCCO4)n3)oc2c1. The Kier molecular flexibility index (Phi) is 4.02. The van der Waals surface area contributed by atoms with Crippen LogP contribution in [0.4, 0.5) is 5.13 Å². The molecule has 1 aromatic carbocycles. The van der Waals surface area contributed by atoms with E-state index >= 15 is 0 Å². The molecule has 25 heavy (non-hydrogen) atoms. The summed E-state index contributed by atoms with van der Waals surface area (Å²) in [5.74, 6) is 1.09. The number of methoxy groups -OCH3 is 1. The van der Waals surface area contributed by atoms with E-state index in [1.54, 1.807) is 7.11 Å². The normalized spacial score (nSPS) is 13.7. The highest BCUT2D eigenvalue weighted by Gasteiger charge is 2.17. The van der Waals surface area contributed by atoms with Gasteiger partial charge in [0.05, 0.1) is 7.11 Å². The molecule has 0 saturated carbocycles. The molecule has 8 heteroatoms. The van der Waals surface area contributed by atoms with Crippen molar-refractivity contribution < 1.29 is 23.4 Å². The van der Waals surface area contributed by atoms with E-state index in [2.05, 4.69) is 10.3 Å². The molecule has 128 valence electrons. The number of amides is 1. The molecule has 3 heterocycles. The second-order valence-electron chi connectivity index (χ2n) is 5.21. The number of anilines is 1. The number of aromatic nitrogens is 1. The summed E-state index contributed by atoms with van der Waals surface area (Å²) in [5.41, 5.74) is 1.36. The summed E-state index contributed by atoms with van der Waals surface area (Å²) in [6, 6.07) is 7.51. The average molecular weight is 358 g/mol. The first kappa shape index (κ1) is 15.5. The highest BCUT2D eigenvalue weighted by molar-refractivity contribution is 7.14. The molecule has 1 amide bonds. The molecular formula is C17H14N2O5S. The van der Waals surface area contributed by atoms with Crippen LogP contribution >= 0.6 is 11.3 Å². The van der Waals surface area contributed by atoms with E-state index in [1.165, 1.54) is 17.6 Å². The molecule has 2 aromatic heterocycles. The molecule has 1 N–H and O–H groups in total. The third kappa shape index (κ3) is 3.16. The minimum Gasteiger partial charge on any atom is -0.497 e. The second-order valence-corrected chi connectivity index (χ2v) is 6.07. The predicted octanol–water partition coefficient (Wildman–Crippen LogP) is 3.39. The number of carbonyl (C=O) groups excluding carboxylic acids is 1. The smallest absolute Gasteiger partial charge is 0.295 e. The molecule has 7 nitrogen and oxygen atoms in total. The first-order valence-electron chi connectivity index (χ1n) is 7.52. The molecule has 3 aromatic rings. The van der Waals surface area contributed by atoms with Crippen LogP contribution in [0.25, 0.3) is 22.4 Å². The monoisotopic (exact) mass is 358 g/mol. The lowest BCUT2D eigenvalue weighted by atomic mass is 10.2. The van der Waals surface area contributed by atoms with Crippen LogP contribution in [0.15, 0.2) is 46.1 Å². The van der Waals surface area contributed by atoms with Gasteiger partial charge in [-0.15, -0.1) is 11.3 Å². The number of benzene rings is 1. The minimum atomic E-state index is -0.394. The topological polar surface area (TPSA) is 82.8 Å². The van der Waals surface area contributed by atoms with Crippen molar-refractivity contribution >= 4 is 33.3 Å². The number of fused-ring (bicyclic) bond motifs is 1. The quantitative estimate of drug-likeness (QED) is 0.770. The Morgan fingerprint density at radius 2 is 2.24 bits per heavy atom. The average Bonchev–Trinajstić information content (AvgIpc) is 3.28. The van der Waals surface area contributed by atoms with Crippen LogP contribution in [-0.2, 0) is 14.3 Å². The van der Waals surface area contributed by atoms with Crippen molar-refractivity contribution in [3.63, 3.8) is 0 Å². The van der Waals surface area contributed by atoms with Gasteiger partial charge in [0.15, 0.2) is 10.9 Å². The molecule has 0 bridgehead atoms. The highest BCUT2D eigenvalue weighted by atomic mass is 32.1. The van der Waals surface area contributed by atoms with Gasteiger partial charge in [-0.25, -0.2) is 4.98 Å². The van der Waals surface area contributed by atoms with Gasteiger partial charge in [-0.1, -0.05) is 0 Å². The van der Waals surface area contributed by atoms with Crippen molar-refractivity contribution in [2.24, 2.45) is 0 Å². The van der Waals surface area contributed by atoms with E-state index in [-0.39, 0.29) is 5.76 Å². The molecule has 0 spiro atoms.